The Morgan fingerprint density at radius 2 is 1.86 bits per heavy atom. The van der Waals surface area contributed by atoms with Crippen LogP contribution in [0.25, 0.3) is 27.3 Å². The van der Waals surface area contributed by atoms with Crippen molar-refractivity contribution in [2.24, 2.45) is 0 Å². The molecule has 6 rings (SSSR count). The van der Waals surface area contributed by atoms with Crippen molar-refractivity contribution in [3.63, 3.8) is 0 Å². The van der Waals surface area contributed by atoms with E-state index in [1.807, 2.05) is 43.3 Å². The second-order valence-corrected chi connectivity index (χ2v) is 11.8. The number of aromatic nitrogens is 4. The van der Waals surface area contributed by atoms with Crippen LogP contribution in [-0.2, 0) is 9.84 Å². The van der Waals surface area contributed by atoms with E-state index in [0.717, 1.165) is 27.2 Å². The Kier molecular flexibility index (Phi) is 5.42. The molecule has 36 heavy (non-hydrogen) atoms. The van der Waals surface area contributed by atoms with Crippen molar-refractivity contribution in [2.75, 3.05) is 5.32 Å². The van der Waals surface area contributed by atoms with Crippen molar-refractivity contribution in [3.05, 3.63) is 83.6 Å². The maximum Gasteiger partial charge on any atom is 0.276 e. The largest absolute Gasteiger partial charge is 0.321 e. The molecule has 3 heterocycles. The fourth-order valence-electron chi connectivity index (χ4n) is 4.03. The molecule has 10 heteroatoms. The van der Waals surface area contributed by atoms with Gasteiger partial charge in [-0.2, -0.15) is 5.10 Å². The summed E-state index contributed by atoms with van der Waals surface area (Å²) < 4.78 is 27.6. The molecule has 0 bridgehead atoms. The van der Waals surface area contributed by atoms with Gasteiger partial charge in [-0.3, -0.25) is 4.79 Å². The van der Waals surface area contributed by atoms with E-state index in [0.29, 0.717) is 24.3 Å². The monoisotopic (exact) mass is 515 g/mol. The highest BCUT2D eigenvalue weighted by atomic mass is 32.2. The van der Waals surface area contributed by atoms with E-state index in [4.69, 9.17) is 0 Å². The molecule has 0 unspecified atom stereocenters. The van der Waals surface area contributed by atoms with Gasteiger partial charge in [0.25, 0.3) is 5.91 Å². The number of carbonyl (C=O) groups is 1. The molecule has 1 N–H and O–H groups in total. The summed E-state index contributed by atoms with van der Waals surface area (Å²) in [5.41, 5.74) is 5.86. The molecule has 1 aliphatic rings. The summed E-state index contributed by atoms with van der Waals surface area (Å²) in [7, 11) is -3.28. The standard InChI is InChI=1S/C26H21N5O3S2/c1-16-3-2-4-25(28-16)31-23(17-5-12-21-24(13-17)35-15-27-21)14-22(30-31)26(32)29-18-6-8-19(9-7-18)36(33,34)20-10-11-20/h2-9,12-15,20H,10-11H2,1H3,(H,29,32). The highest BCUT2D eigenvalue weighted by Crippen LogP contribution is 2.34. The zero-order chi connectivity index (χ0) is 24.9. The summed E-state index contributed by atoms with van der Waals surface area (Å²) >= 11 is 1.55. The molecule has 1 fully saturated rings. The molecule has 0 atom stereocenters. The zero-order valence-corrected chi connectivity index (χ0v) is 20.9. The predicted octanol–water partition coefficient (Wildman–Crippen LogP) is 5.04. The predicted molar refractivity (Wildman–Crippen MR) is 139 cm³/mol. The highest BCUT2D eigenvalue weighted by molar-refractivity contribution is 7.92. The molecule has 180 valence electrons. The number of carbonyl (C=O) groups excluding carboxylic acids is 1. The molecular formula is C26H21N5O3S2. The van der Waals surface area contributed by atoms with Crippen molar-refractivity contribution in [2.45, 2.75) is 29.9 Å². The Hall–Kier alpha value is -3.89. The summed E-state index contributed by atoms with van der Waals surface area (Å²) in [6.07, 6.45) is 1.41. The quantitative estimate of drug-likeness (QED) is 0.340. The highest BCUT2D eigenvalue weighted by Gasteiger charge is 2.36. The Morgan fingerprint density at radius 1 is 1.06 bits per heavy atom. The molecular weight excluding hydrogens is 494 g/mol. The first kappa shape index (κ1) is 22.6. The summed E-state index contributed by atoms with van der Waals surface area (Å²) in [6, 6.07) is 19.6. The molecule has 3 aromatic heterocycles. The Bertz CT molecular complexity index is 1720. The van der Waals surface area contributed by atoms with Crippen molar-refractivity contribution in [1.82, 2.24) is 19.7 Å². The van der Waals surface area contributed by atoms with Crippen LogP contribution in [-0.4, -0.2) is 39.3 Å². The van der Waals surface area contributed by atoms with Crippen LogP contribution in [0.15, 0.2) is 77.1 Å². The molecule has 2 aromatic carbocycles. The lowest BCUT2D eigenvalue weighted by molar-refractivity contribution is 0.102. The van der Waals surface area contributed by atoms with Crippen LogP contribution in [0.5, 0.6) is 0 Å². The van der Waals surface area contributed by atoms with Crippen molar-refractivity contribution in [1.29, 1.82) is 0 Å². The maximum absolute atomic E-state index is 13.1. The van der Waals surface area contributed by atoms with Gasteiger partial charge >= 0.3 is 0 Å². The topological polar surface area (TPSA) is 107 Å². The number of rotatable bonds is 6. The van der Waals surface area contributed by atoms with Gasteiger partial charge in [0.15, 0.2) is 21.3 Å². The molecule has 5 aromatic rings. The van der Waals surface area contributed by atoms with Gasteiger partial charge in [0.2, 0.25) is 0 Å². The molecule has 1 saturated carbocycles. The number of nitrogens with zero attached hydrogens (tertiary/aromatic N) is 4. The Labute approximate surface area is 211 Å². The lowest BCUT2D eigenvalue weighted by Crippen LogP contribution is -2.14. The second-order valence-electron chi connectivity index (χ2n) is 8.72. The Morgan fingerprint density at radius 3 is 2.61 bits per heavy atom. The lowest BCUT2D eigenvalue weighted by Gasteiger charge is -2.07. The van der Waals surface area contributed by atoms with Crippen LogP contribution in [0, 0.1) is 6.92 Å². The van der Waals surface area contributed by atoms with Gasteiger partial charge in [-0.1, -0.05) is 12.1 Å². The number of hydrogen-bond acceptors (Lipinski definition) is 7. The summed E-state index contributed by atoms with van der Waals surface area (Å²) in [4.78, 5) is 22.4. The van der Waals surface area contributed by atoms with Crippen LogP contribution in [0.3, 0.4) is 0 Å². The molecule has 0 radical (unpaired) electrons. The second kappa shape index (κ2) is 8.65. The van der Waals surface area contributed by atoms with E-state index in [9.17, 15) is 13.2 Å². The fourth-order valence-corrected chi connectivity index (χ4v) is 6.40. The van der Waals surface area contributed by atoms with Gasteiger partial charge in [-0.25, -0.2) is 23.1 Å². The minimum absolute atomic E-state index is 0.215. The van der Waals surface area contributed by atoms with E-state index in [2.05, 4.69) is 20.4 Å². The van der Waals surface area contributed by atoms with Gasteiger partial charge < -0.3 is 5.32 Å². The molecule has 8 nitrogen and oxygen atoms in total. The first-order valence-electron chi connectivity index (χ1n) is 11.4. The normalized spacial score (nSPS) is 13.7. The number of nitrogens with one attached hydrogen (secondary N) is 1. The number of benzene rings is 2. The van der Waals surface area contributed by atoms with Crippen molar-refractivity contribution < 1.29 is 13.2 Å². The Balaban J connectivity index is 1.34. The third-order valence-corrected chi connectivity index (χ3v) is 9.13. The number of amides is 1. The van der Waals surface area contributed by atoms with Crippen LogP contribution >= 0.6 is 11.3 Å². The van der Waals surface area contributed by atoms with E-state index in [-0.39, 0.29) is 15.8 Å². The third kappa shape index (κ3) is 4.18. The van der Waals surface area contributed by atoms with E-state index in [1.54, 1.807) is 39.7 Å². The van der Waals surface area contributed by atoms with E-state index < -0.39 is 15.7 Å². The van der Waals surface area contributed by atoms with Gasteiger partial charge in [-0.05, 0) is 74.4 Å². The van der Waals surface area contributed by atoms with Gasteiger partial charge in [0, 0.05) is 16.9 Å². The zero-order valence-electron chi connectivity index (χ0n) is 19.2. The minimum Gasteiger partial charge on any atom is -0.321 e. The summed E-state index contributed by atoms with van der Waals surface area (Å²) in [6.45, 7) is 1.90. The van der Waals surface area contributed by atoms with Crippen LogP contribution in [0.1, 0.15) is 29.0 Å². The van der Waals surface area contributed by atoms with Crippen LogP contribution in [0.4, 0.5) is 5.69 Å². The lowest BCUT2D eigenvalue weighted by atomic mass is 10.1. The number of anilines is 1. The smallest absolute Gasteiger partial charge is 0.276 e. The van der Waals surface area contributed by atoms with Crippen LogP contribution in [0.2, 0.25) is 0 Å². The number of fused-ring (bicyclic) bond motifs is 1. The van der Waals surface area contributed by atoms with Gasteiger partial charge in [0.05, 0.1) is 31.6 Å². The molecule has 0 saturated heterocycles. The molecule has 1 aliphatic carbocycles. The average molecular weight is 516 g/mol. The van der Waals surface area contributed by atoms with E-state index in [1.165, 1.54) is 12.1 Å². The first-order chi connectivity index (χ1) is 17.4. The van der Waals surface area contributed by atoms with Gasteiger partial charge in [0.1, 0.15) is 0 Å². The molecule has 1 amide bonds. The first-order valence-corrected chi connectivity index (χ1v) is 13.8. The number of sulfone groups is 1. The molecule has 0 aliphatic heterocycles. The minimum atomic E-state index is -3.28. The average Bonchev–Trinajstić information content (AvgIpc) is 3.48. The number of hydrogen-bond donors (Lipinski definition) is 1. The van der Waals surface area contributed by atoms with Crippen molar-refractivity contribution >= 4 is 43.0 Å². The summed E-state index contributed by atoms with van der Waals surface area (Å²) in [5, 5.41) is 7.13. The van der Waals surface area contributed by atoms with E-state index >= 15 is 0 Å². The number of pyridine rings is 1. The summed E-state index contributed by atoms with van der Waals surface area (Å²) in [5.74, 6) is 0.197. The fraction of sp³-hybridized carbons (Fsp3) is 0.154. The van der Waals surface area contributed by atoms with Gasteiger partial charge in [-0.15, -0.1) is 11.3 Å². The van der Waals surface area contributed by atoms with Crippen molar-refractivity contribution in [3.8, 4) is 17.1 Å². The van der Waals surface area contributed by atoms with Crippen LogP contribution < -0.4 is 5.32 Å². The number of thiazole rings is 1. The third-order valence-electron chi connectivity index (χ3n) is 6.06. The molecule has 0 spiro atoms. The number of aryl methyl sites for hydroxylation is 1. The maximum atomic E-state index is 13.1. The SMILES string of the molecule is Cc1cccc(-n2nc(C(=O)Nc3ccc(S(=O)(=O)C4CC4)cc3)cc2-c2ccc3ncsc3c2)n1.